The van der Waals surface area contributed by atoms with E-state index in [0.29, 0.717) is 51.2 Å². The Balaban J connectivity index is 1.67. The van der Waals surface area contributed by atoms with E-state index in [1.54, 1.807) is 30.3 Å². The number of nitrogens with zero attached hydrogens (tertiary/aromatic N) is 6. The van der Waals surface area contributed by atoms with Gasteiger partial charge in [0, 0.05) is 18.8 Å². The van der Waals surface area contributed by atoms with Crippen LogP contribution in [0, 0.1) is 36.0 Å². The molecule has 3 aromatic rings. The van der Waals surface area contributed by atoms with E-state index in [1.165, 1.54) is 42.7 Å². The Morgan fingerprint density at radius 3 is 2.17 bits per heavy atom. The number of carbonyl (C=O) groups excluding carboxylic acids is 1. The summed E-state index contributed by atoms with van der Waals surface area (Å²) in [4.78, 5) is 15.0. The van der Waals surface area contributed by atoms with Crippen LogP contribution in [0.25, 0.3) is 0 Å². The Kier molecular flexibility index (Phi) is 16.4. The molecule has 0 saturated carbocycles. The van der Waals surface area contributed by atoms with Crippen molar-refractivity contribution in [2.45, 2.75) is 99.8 Å². The van der Waals surface area contributed by atoms with Gasteiger partial charge >= 0.3 is 5.97 Å². The molecule has 0 aliphatic heterocycles. The summed E-state index contributed by atoms with van der Waals surface area (Å²) >= 11 is 1.26. The van der Waals surface area contributed by atoms with Crippen LogP contribution in [-0.2, 0) is 4.74 Å². The van der Waals surface area contributed by atoms with Gasteiger partial charge in [-0.15, -0.1) is 20.5 Å². The molecule has 0 spiro atoms. The van der Waals surface area contributed by atoms with Crippen LogP contribution >= 0.6 is 11.3 Å². The highest BCUT2D eigenvalue weighted by Gasteiger charge is 2.16. The van der Waals surface area contributed by atoms with Gasteiger partial charge in [-0.25, -0.2) is 4.79 Å². The lowest BCUT2D eigenvalue weighted by Gasteiger charge is -2.31. The average Bonchev–Trinajstić information content (AvgIpc) is 3.50. The third-order valence-electron chi connectivity index (χ3n) is 8.58. The van der Waals surface area contributed by atoms with Gasteiger partial charge in [0.2, 0.25) is 0 Å². The maximum Gasteiger partial charge on any atom is 0.338 e. The van der Waals surface area contributed by atoms with E-state index in [0.717, 1.165) is 50.0 Å². The molecule has 2 unspecified atom stereocenters. The molecule has 0 aliphatic rings. The van der Waals surface area contributed by atoms with Crippen LogP contribution in [-0.4, -0.2) is 25.7 Å². The first-order chi connectivity index (χ1) is 23.2. The average molecular weight is 671 g/mol. The van der Waals surface area contributed by atoms with Crippen molar-refractivity contribution in [2.24, 2.45) is 38.2 Å². The minimum absolute atomic E-state index is 0.328. The summed E-state index contributed by atoms with van der Waals surface area (Å²) in [6.07, 6.45) is 9.30. The molecular weight excluding hydrogens is 617 g/mol. The molecule has 0 aliphatic carbocycles. The van der Waals surface area contributed by atoms with E-state index in [1.807, 2.05) is 6.07 Å². The smallest absolute Gasteiger partial charge is 0.338 e. The van der Waals surface area contributed by atoms with Crippen LogP contribution in [0.2, 0.25) is 0 Å². The summed E-state index contributed by atoms with van der Waals surface area (Å²) in [5, 5.41) is 28.4. The molecule has 2 atom stereocenters. The summed E-state index contributed by atoms with van der Waals surface area (Å²) in [6, 6.07) is 17.1. The van der Waals surface area contributed by atoms with Crippen LogP contribution in [0.4, 0.5) is 27.1 Å². The van der Waals surface area contributed by atoms with Gasteiger partial charge in [-0.3, -0.25) is 0 Å². The third kappa shape index (κ3) is 12.3. The first kappa shape index (κ1) is 38.5. The summed E-state index contributed by atoms with van der Waals surface area (Å²) in [6.45, 7) is 18.0. The molecule has 0 radical (unpaired) electrons. The number of nitriles is 1. The van der Waals surface area contributed by atoms with Crippen molar-refractivity contribution in [1.82, 2.24) is 0 Å². The molecule has 9 heteroatoms. The van der Waals surface area contributed by atoms with Crippen LogP contribution < -0.4 is 4.90 Å². The molecule has 0 N–H and O–H groups in total. The van der Waals surface area contributed by atoms with E-state index in [4.69, 9.17) is 4.74 Å². The van der Waals surface area contributed by atoms with Crippen molar-refractivity contribution in [1.29, 1.82) is 5.26 Å². The number of carbonyl (C=O) groups is 1. The number of azo groups is 2. The molecule has 0 saturated heterocycles. The monoisotopic (exact) mass is 670 g/mol. The summed E-state index contributed by atoms with van der Waals surface area (Å²) in [5.74, 6) is 1.31. The first-order valence-corrected chi connectivity index (χ1v) is 18.5. The van der Waals surface area contributed by atoms with E-state index >= 15 is 0 Å². The molecule has 3 rings (SSSR count). The molecule has 2 aromatic carbocycles. The van der Waals surface area contributed by atoms with Gasteiger partial charge in [0.05, 0.1) is 29.1 Å². The van der Waals surface area contributed by atoms with Crippen LogP contribution in [0.3, 0.4) is 0 Å². The lowest BCUT2D eigenvalue weighted by Crippen LogP contribution is -2.32. The second kappa shape index (κ2) is 20.5. The molecule has 1 aromatic heterocycles. The lowest BCUT2D eigenvalue weighted by molar-refractivity contribution is 0.0428. The number of anilines is 1. The van der Waals surface area contributed by atoms with E-state index in [2.05, 4.69) is 92.0 Å². The zero-order valence-corrected chi connectivity index (χ0v) is 30.9. The predicted octanol–water partition coefficient (Wildman–Crippen LogP) is 12.8. The Morgan fingerprint density at radius 1 is 0.875 bits per heavy atom. The quantitative estimate of drug-likeness (QED) is 0.0881. The minimum Gasteiger partial charge on any atom is -0.462 e. The fraction of sp³-hybridized carbons (Fsp3) is 0.538. The second-order valence-corrected chi connectivity index (χ2v) is 14.1. The molecule has 258 valence electrons. The normalized spacial score (nSPS) is 12.9. The minimum atomic E-state index is -0.328. The molecule has 0 fully saturated rings. The number of thiophene rings is 1. The topological polar surface area (TPSA) is 103 Å². The Labute approximate surface area is 292 Å². The van der Waals surface area contributed by atoms with Crippen molar-refractivity contribution in [3.8, 4) is 6.07 Å². The third-order valence-corrected chi connectivity index (χ3v) is 9.49. The van der Waals surface area contributed by atoms with Crippen LogP contribution in [0.5, 0.6) is 0 Å². The highest BCUT2D eigenvalue weighted by molar-refractivity contribution is 7.19. The molecular formula is C39H54N6O2S. The Bertz CT molecular complexity index is 1520. The van der Waals surface area contributed by atoms with Crippen LogP contribution in [0.1, 0.15) is 114 Å². The summed E-state index contributed by atoms with van der Waals surface area (Å²) < 4.78 is 5.55. The fourth-order valence-corrected chi connectivity index (χ4v) is 6.27. The number of hydrogen-bond donors (Lipinski definition) is 0. The maximum absolute atomic E-state index is 12.5. The number of hydrogen-bond acceptors (Lipinski definition) is 9. The summed E-state index contributed by atoms with van der Waals surface area (Å²) in [7, 11) is 0. The van der Waals surface area contributed by atoms with E-state index < -0.39 is 0 Å². The Morgan fingerprint density at radius 2 is 1.56 bits per heavy atom. The first-order valence-electron chi connectivity index (χ1n) is 17.7. The second-order valence-electron chi connectivity index (χ2n) is 13.1. The molecule has 8 nitrogen and oxygen atoms in total. The van der Waals surface area contributed by atoms with Gasteiger partial charge in [0.25, 0.3) is 0 Å². The maximum atomic E-state index is 12.5. The van der Waals surface area contributed by atoms with Gasteiger partial charge < -0.3 is 9.64 Å². The lowest BCUT2D eigenvalue weighted by atomic mass is 9.97. The SMILES string of the molecule is CCCCC(CC)COC(=O)c1ccc(N=Nc2cc(C#N)c(/N=N/c3ccc(N(CC(C)C)CC(CC)CCCC)cc3C)s2)cc1. The number of benzene rings is 2. The van der Waals surface area contributed by atoms with Gasteiger partial charge in [-0.2, -0.15) is 5.26 Å². The molecule has 0 amide bonds. The molecule has 48 heavy (non-hydrogen) atoms. The van der Waals surface area contributed by atoms with Gasteiger partial charge in [-0.05, 0) is 91.6 Å². The van der Waals surface area contributed by atoms with Crippen molar-refractivity contribution in [2.75, 3.05) is 24.6 Å². The van der Waals surface area contributed by atoms with Crippen LogP contribution in [0.15, 0.2) is 69.0 Å². The number of aryl methyl sites for hydroxylation is 1. The number of esters is 1. The zero-order valence-electron chi connectivity index (χ0n) is 30.0. The van der Waals surface area contributed by atoms with Crippen molar-refractivity contribution < 1.29 is 9.53 Å². The number of ether oxygens (including phenoxy) is 1. The predicted molar refractivity (Wildman–Crippen MR) is 199 cm³/mol. The molecule has 1 heterocycles. The summed E-state index contributed by atoms with van der Waals surface area (Å²) in [5.41, 5.74) is 4.49. The van der Waals surface area contributed by atoms with E-state index in [9.17, 15) is 10.1 Å². The largest absolute Gasteiger partial charge is 0.462 e. The Hall–Kier alpha value is -3.90. The van der Waals surface area contributed by atoms with Gasteiger partial charge in [0.1, 0.15) is 11.1 Å². The standard InChI is InChI=1S/C39H54N6O2S/c1-8-12-14-30(10-3)26-45(25-28(5)6)35-20-21-36(29(7)22-35)42-44-38-33(24-40)23-37(48-38)43-41-34-18-16-32(17-19-34)39(46)47-27-31(11-4)15-13-9-2/h16-23,28,30-31H,8-15,25-27H2,1-7H3/b43-41?,44-42+. The van der Waals surface area contributed by atoms with Crippen molar-refractivity contribution in [3.63, 3.8) is 0 Å². The van der Waals surface area contributed by atoms with E-state index in [-0.39, 0.29) is 5.97 Å². The highest BCUT2D eigenvalue weighted by atomic mass is 32.1. The number of rotatable bonds is 20. The number of unbranched alkanes of at least 4 members (excludes halogenated alkanes) is 2. The van der Waals surface area contributed by atoms with Gasteiger partial charge in [0.15, 0.2) is 5.00 Å². The molecule has 0 bridgehead atoms. The van der Waals surface area contributed by atoms with Crippen molar-refractivity contribution >= 4 is 44.4 Å². The zero-order chi connectivity index (χ0) is 34.9. The van der Waals surface area contributed by atoms with Gasteiger partial charge in [-0.1, -0.05) is 91.4 Å². The van der Waals surface area contributed by atoms with Crippen molar-refractivity contribution in [3.05, 3.63) is 65.2 Å². The fourth-order valence-electron chi connectivity index (χ4n) is 5.52. The highest BCUT2D eigenvalue weighted by Crippen LogP contribution is 2.38.